The zero-order valence-electron chi connectivity index (χ0n) is 11.1. The SMILES string of the molecule is C[C@@H]1CNCCN1C(=O)c1cccc(S(C)(=O)=O)c1. The number of benzene rings is 1. The summed E-state index contributed by atoms with van der Waals surface area (Å²) in [4.78, 5) is 14.3. The van der Waals surface area contributed by atoms with Crippen molar-refractivity contribution in [3.05, 3.63) is 29.8 Å². The first-order valence-electron chi connectivity index (χ1n) is 6.21. The van der Waals surface area contributed by atoms with Gasteiger partial charge in [0.25, 0.3) is 5.91 Å². The van der Waals surface area contributed by atoms with Gasteiger partial charge in [-0.15, -0.1) is 0 Å². The molecule has 1 aliphatic rings. The van der Waals surface area contributed by atoms with Crippen molar-refractivity contribution in [2.75, 3.05) is 25.9 Å². The first-order valence-corrected chi connectivity index (χ1v) is 8.10. The molecule has 1 aromatic rings. The molecule has 0 aromatic heterocycles. The average Bonchev–Trinajstić information content (AvgIpc) is 2.38. The number of hydrogen-bond acceptors (Lipinski definition) is 4. The highest BCUT2D eigenvalue weighted by molar-refractivity contribution is 7.90. The Balaban J connectivity index is 2.29. The average molecular weight is 282 g/mol. The van der Waals surface area contributed by atoms with Crippen LogP contribution in [-0.4, -0.2) is 51.2 Å². The van der Waals surface area contributed by atoms with Crippen molar-refractivity contribution in [2.45, 2.75) is 17.9 Å². The zero-order valence-corrected chi connectivity index (χ0v) is 11.9. The van der Waals surface area contributed by atoms with Crippen molar-refractivity contribution in [3.8, 4) is 0 Å². The molecule has 0 bridgehead atoms. The third-order valence-electron chi connectivity index (χ3n) is 3.27. The number of carbonyl (C=O) groups excluding carboxylic acids is 1. The highest BCUT2D eigenvalue weighted by atomic mass is 32.2. The summed E-state index contributed by atoms with van der Waals surface area (Å²) < 4.78 is 23.0. The maximum Gasteiger partial charge on any atom is 0.254 e. The molecular formula is C13H18N2O3S. The largest absolute Gasteiger partial charge is 0.333 e. The molecule has 1 amide bonds. The predicted molar refractivity (Wildman–Crippen MR) is 72.9 cm³/mol. The molecule has 1 aliphatic heterocycles. The van der Waals surface area contributed by atoms with Crippen molar-refractivity contribution in [2.24, 2.45) is 0 Å². The van der Waals surface area contributed by atoms with Crippen LogP contribution in [0.5, 0.6) is 0 Å². The van der Waals surface area contributed by atoms with Crippen LogP contribution in [0, 0.1) is 0 Å². The van der Waals surface area contributed by atoms with E-state index in [1.807, 2.05) is 6.92 Å². The van der Waals surface area contributed by atoms with Crippen LogP contribution < -0.4 is 5.32 Å². The summed E-state index contributed by atoms with van der Waals surface area (Å²) in [5.41, 5.74) is 0.427. The minimum Gasteiger partial charge on any atom is -0.333 e. The number of hydrogen-bond donors (Lipinski definition) is 1. The molecular weight excluding hydrogens is 264 g/mol. The second-order valence-corrected chi connectivity index (χ2v) is 6.87. The number of amides is 1. The second-order valence-electron chi connectivity index (χ2n) is 4.85. The Bertz CT molecular complexity index is 583. The lowest BCUT2D eigenvalue weighted by Crippen LogP contribution is -2.52. The van der Waals surface area contributed by atoms with Gasteiger partial charge in [-0.3, -0.25) is 4.79 Å². The van der Waals surface area contributed by atoms with Gasteiger partial charge in [-0.05, 0) is 25.1 Å². The van der Waals surface area contributed by atoms with Crippen LogP contribution in [0.1, 0.15) is 17.3 Å². The summed E-state index contributed by atoms with van der Waals surface area (Å²) >= 11 is 0. The van der Waals surface area contributed by atoms with Gasteiger partial charge in [0, 0.05) is 37.5 Å². The lowest BCUT2D eigenvalue weighted by molar-refractivity contribution is 0.0655. The fraction of sp³-hybridized carbons (Fsp3) is 0.462. The van der Waals surface area contributed by atoms with Gasteiger partial charge in [0.2, 0.25) is 0 Å². The second kappa shape index (κ2) is 5.30. The van der Waals surface area contributed by atoms with Crippen LogP contribution in [0.25, 0.3) is 0 Å². The monoisotopic (exact) mass is 282 g/mol. The molecule has 0 radical (unpaired) electrons. The van der Waals surface area contributed by atoms with E-state index in [0.29, 0.717) is 12.1 Å². The smallest absolute Gasteiger partial charge is 0.254 e. The Morgan fingerprint density at radius 2 is 2.16 bits per heavy atom. The fourth-order valence-corrected chi connectivity index (χ4v) is 2.84. The van der Waals surface area contributed by atoms with Crippen LogP contribution in [-0.2, 0) is 9.84 Å². The maximum atomic E-state index is 12.4. The molecule has 0 aliphatic carbocycles. The molecule has 1 aromatic carbocycles. The molecule has 0 unspecified atom stereocenters. The molecule has 6 heteroatoms. The first-order chi connectivity index (χ1) is 8.89. The molecule has 1 fully saturated rings. The van der Waals surface area contributed by atoms with Crippen molar-refractivity contribution in [3.63, 3.8) is 0 Å². The number of carbonyl (C=O) groups is 1. The molecule has 2 rings (SSSR count). The van der Waals surface area contributed by atoms with E-state index in [4.69, 9.17) is 0 Å². The Kier molecular flexibility index (Phi) is 3.91. The van der Waals surface area contributed by atoms with Gasteiger partial charge in [0.15, 0.2) is 9.84 Å². The van der Waals surface area contributed by atoms with E-state index < -0.39 is 9.84 Å². The van der Waals surface area contributed by atoms with Gasteiger partial charge < -0.3 is 10.2 Å². The Morgan fingerprint density at radius 1 is 1.42 bits per heavy atom. The summed E-state index contributed by atoms with van der Waals surface area (Å²) in [6, 6.07) is 6.34. The number of rotatable bonds is 2. The molecule has 19 heavy (non-hydrogen) atoms. The predicted octanol–water partition coefficient (Wildman–Crippen LogP) is 0.524. The fourth-order valence-electron chi connectivity index (χ4n) is 2.17. The van der Waals surface area contributed by atoms with Gasteiger partial charge in [-0.25, -0.2) is 8.42 Å². The van der Waals surface area contributed by atoms with E-state index in [-0.39, 0.29) is 16.8 Å². The van der Waals surface area contributed by atoms with Crippen molar-refractivity contribution in [1.82, 2.24) is 10.2 Å². The maximum absolute atomic E-state index is 12.4. The topological polar surface area (TPSA) is 66.5 Å². The lowest BCUT2D eigenvalue weighted by atomic mass is 10.1. The lowest BCUT2D eigenvalue weighted by Gasteiger charge is -2.34. The van der Waals surface area contributed by atoms with Crippen LogP contribution in [0.4, 0.5) is 0 Å². The number of piperazine rings is 1. The van der Waals surface area contributed by atoms with Gasteiger partial charge in [-0.2, -0.15) is 0 Å². The molecule has 5 nitrogen and oxygen atoms in total. The van der Waals surface area contributed by atoms with E-state index in [9.17, 15) is 13.2 Å². The van der Waals surface area contributed by atoms with Crippen LogP contribution in [0.2, 0.25) is 0 Å². The molecule has 1 atom stereocenters. The van der Waals surface area contributed by atoms with E-state index in [1.165, 1.54) is 12.1 Å². The molecule has 0 saturated carbocycles. The Hall–Kier alpha value is -1.40. The van der Waals surface area contributed by atoms with Crippen molar-refractivity contribution < 1.29 is 13.2 Å². The summed E-state index contributed by atoms with van der Waals surface area (Å²) in [7, 11) is -3.29. The molecule has 1 N–H and O–H groups in total. The Morgan fingerprint density at radius 3 is 2.79 bits per heavy atom. The van der Waals surface area contributed by atoms with Crippen LogP contribution in [0.3, 0.4) is 0 Å². The Labute approximate surface area is 113 Å². The number of nitrogens with one attached hydrogen (secondary N) is 1. The highest BCUT2D eigenvalue weighted by Crippen LogP contribution is 2.15. The van der Waals surface area contributed by atoms with E-state index in [2.05, 4.69) is 5.32 Å². The van der Waals surface area contributed by atoms with Crippen LogP contribution >= 0.6 is 0 Å². The normalized spacial score (nSPS) is 20.3. The number of nitrogens with zero attached hydrogens (tertiary/aromatic N) is 1. The zero-order chi connectivity index (χ0) is 14.0. The summed E-state index contributed by atoms with van der Waals surface area (Å²) in [5, 5.41) is 3.22. The molecule has 1 saturated heterocycles. The quantitative estimate of drug-likeness (QED) is 0.859. The minimum absolute atomic E-state index is 0.112. The van der Waals surface area contributed by atoms with Gasteiger partial charge in [-0.1, -0.05) is 6.07 Å². The van der Waals surface area contributed by atoms with Gasteiger partial charge in [0.1, 0.15) is 0 Å². The van der Waals surface area contributed by atoms with Crippen molar-refractivity contribution >= 4 is 15.7 Å². The number of sulfone groups is 1. The molecule has 1 heterocycles. The van der Waals surface area contributed by atoms with E-state index in [1.54, 1.807) is 17.0 Å². The van der Waals surface area contributed by atoms with Crippen LogP contribution in [0.15, 0.2) is 29.2 Å². The highest BCUT2D eigenvalue weighted by Gasteiger charge is 2.24. The summed E-state index contributed by atoms with van der Waals surface area (Å²) in [6.07, 6.45) is 1.14. The summed E-state index contributed by atoms with van der Waals surface area (Å²) in [5.74, 6) is -0.112. The van der Waals surface area contributed by atoms with Crippen molar-refractivity contribution in [1.29, 1.82) is 0 Å². The molecule has 104 valence electrons. The van der Waals surface area contributed by atoms with E-state index >= 15 is 0 Å². The summed E-state index contributed by atoms with van der Waals surface area (Å²) in [6.45, 7) is 4.15. The third-order valence-corrected chi connectivity index (χ3v) is 4.38. The minimum atomic E-state index is -3.29. The van der Waals surface area contributed by atoms with Gasteiger partial charge >= 0.3 is 0 Å². The van der Waals surface area contributed by atoms with E-state index in [0.717, 1.165) is 19.3 Å². The first kappa shape index (κ1) is 14.0. The standard InChI is InChI=1S/C13H18N2O3S/c1-10-9-14-6-7-15(10)13(16)11-4-3-5-12(8-11)19(2,17)18/h3-5,8,10,14H,6-7,9H2,1-2H3/t10-/m1/s1. The third kappa shape index (κ3) is 3.13. The van der Waals surface area contributed by atoms with Gasteiger partial charge in [0.05, 0.1) is 4.90 Å². The molecule has 0 spiro atoms.